The van der Waals surface area contributed by atoms with Gasteiger partial charge in [-0.25, -0.2) is 0 Å². The smallest absolute Gasteiger partial charge is 0.467 e. The first kappa shape index (κ1) is 17.6. The van der Waals surface area contributed by atoms with E-state index in [1.54, 1.807) is 13.8 Å². The molecule has 0 radical (unpaired) electrons. The van der Waals surface area contributed by atoms with Crippen molar-refractivity contribution in [3.05, 3.63) is 23.8 Å². The molecular weight excluding hydrogens is 313 g/mol. The van der Waals surface area contributed by atoms with Gasteiger partial charge in [0, 0.05) is 13.2 Å². The van der Waals surface area contributed by atoms with Crippen LogP contribution in [0.5, 0.6) is 11.5 Å². The zero-order valence-corrected chi connectivity index (χ0v) is 12.4. The molecule has 0 N–H and O–H groups in total. The van der Waals surface area contributed by atoms with Crippen LogP contribution in [0.1, 0.15) is 25.3 Å². The van der Waals surface area contributed by atoms with Crippen LogP contribution in [0.4, 0.5) is 13.2 Å². The molecule has 0 atom stereocenters. The van der Waals surface area contributed by atoms with Gasteiger partial charge in [0.15, 0.2) is 6.79 Å². The third kappa shape index (κ3) is 4.50. The lowest BCUT2D eigenvalue weighted by molar-refractivity contribution is -0.0500. The highest BCUT2D eigenvalue weighted by molar-refractivity contribution is 7.88. The van der Waals surface area contributed by atoms with E-state index in [1.807, 2.05) is 0 Å². The van der Waals surface area contributed by atoms with Crippen LogP contribution in [0.25, 0.3) is 0 Å². The van der Waals surface area contributed by atoms with E-state index in [0.717, 1.165) is 6.07 Å². The molecule has 0 aliphatic heterocycles. The van der Waals surface area contributed by atoms with Crippen molar-refractivity contribution >= 4 is 10.1 Å². The average molecular weight is 328 g/mol. The zero-order valence-electron chi connectivity index (χ0n) is 11.6. The van der Waals surface area contributed by atoms with Crippen molar-refractivity contribution in [2.24, 2.45) is 0 Å². The van der Waals surface area contributed by atoms with Gasteiger partial charge in [-0.15, -0.1) is 0 Å². The van der Waals surface area contributed by atoms with Crippen molar-refractivity contribution < 1.29 is 35.2 Å². The summed E-state index contributed by atoms with van der Waals surface area (Å²) >= 11 is 0. The van der Waals surface area contributed by atoms with E-state index in [4.69, 9.17) is 4.74 Å². The van der Waals surface area contributed by atoms with E-state index in [1.165, 1.54) is 19.2 Å². The van der Waals surface area contributed by atoms with Crippen LogP contribution >= 0.6 is 0 Å². The average Bonchev–Trinajstić information content (AvgIpc) is 2.34. The Bertz CT molecular complexity index is 581. The Morgan fingerprint density at radius 3 is 2.33 bits per heavy atom. The molecule has 0 aliphatic rings. The molecule has 5 nitrogen and oxygen atoms in total. The van der Waals surface area contributed by atoms with Crippen molar-refractivity contribution in [1.29, 1.82) is 0 Å². The summed E-state index contributed by atoms with van der Waals surface area (Å²) in [4.78, 5) is 0. The van der Waals surface area contributed by atoms with E-state index in [9.17, 15) is 21.6 Å². The van der Waals surface area contributed by atoms with Crippen LogP contribution in [-0.2, 0) is 14.9 Å². The molecule has 0 aliphatic carbocycles. The molecule has 1 rings (SSSR count). The first-order valence-corrected chi connectivity index (χ1v) is 7.25. The fourth-order valence-electron chi connectivity index (χ4n) is 1.45. The fraction of sp³-hybridized carbons (Fsp3) is 0.500. The van der Waals surface area contributed by atoms with Crippen molar-refractivity contribution in [3.8, 4) is 11.5 Å². The first-order chi connectivity index (χ1) is 9.58. The molecule has 0 heterocycles. The predicted molar refractivity (Wildman–Crippen MR) is 68.6 cm³/mol. The summed E-state index contributed by atoms with van der Waals surface area (Å²) in [5.41, 5.74) is -5.18. The third-order valence-electron chi connectivity index (χ3n) is 2.43. The summed E-state index contributed by atoms with van der Waals surface area (Å²) in [5, 5.41) is 0. The second-order valence-electron chi connectivity index (χ2n) is 4.39. The van der Waals surface area contributed by atoms with Crippen LogP contribution in [0.15, 0.2) is 18.2 Å². The van der Waals surface area contributed by atoms with Crippen LogP contribution in [0.2, 0.25) is 0 Å². The molecule has 120 valence electrons. The molecule has 1 aromatic carbocycles. The second-order valence-corrected chi connectivity index (χ2v) is 5.93. The van der Waals surface area contributed by atoms with Crippen molar-refractivity contribution in [2.45, 2.75) is 25.3 Å². The number of alkyl halides is 3. The molecule has 0 aromatic heterocycles. The second kappa shape index (κ2) is 6.52. The lowest BCUT2D eigenvalue weighted by Crippen LogP contribution is -2.28. The van der Waals surface area contributed by atoms with E-state index in [2.05, 4.69) is 8.92 Å². The molecule has 0 fully saturated rings. The molecule has 1 aromatic rings. The van der Waals surface area contributed by atoms with E-state index in [-0.39, 0.29) is 18.5 Å². The van der Waals surface area contributed by atoms with Gasteiger partial charge in [-0.3, -0.25) is 0 Å². The minimum absolute atomic E-state index is 0.132. The maximum Gasteiger partial charge on any atom is 0.534 e. The maximum atomic E-state index is 12.4. The molecule has 0 bridgehead atoms. The number of hydrogen-bond acceptors (Lipinski definition) is 5. The molecule has 0 amide bonds. The molecular formula is C12H15F3O5S. The largest absolute Gasteiger partial charge is 0.534 e. The van der Waals surface area contributed by atoms with E-state index >= 15 is 0 Å². The lowest BCUT2D eigenvalue weighted by Gasteiger charge is -2.16. The Hall–Kier alpha value is -1.48. The van der Waals surface area contributed by atoms with Gasteiger partial charge in [0.2, 0.25) is 0 Å². The first-order valence-electron chi connectivity index (χ1n) is 5.85. The van der Waals surface area contributed by atoms with Gasteiger partial charge >= 0.3 is 15.6 Å². The van der Waals surface area contributed by atoms with Crippen LogP contribution in [0.3, 0.4) is 0 Å². The molecule has 21 heavy (non-hydrogen) atoms. The third-order valence-corrected chi connectivity index (χ3v) is 3.40. The number of ether oxygens (including phenoxy) is 2. The Labute approximate surface area is 120 Å². The molecule has 9 heteroatoms. The normalized spacial score (nSPS) is 12.5. The summed E-state index contributed by atoms with van der Waals surface area (Å²) in [6.07, 6.45) is 0. The maximum absolute atomic E-state index is 12.4. The van der Waals surface area contributed by atoms with Gasteiger partial charge in [-0.1, -0.05) is 19.9 Å². The summed E-state index contributed by atoms with van der Waals surface area (Å²) in [7, 11) is -4.36. The monoisotopic (exact) mass is 328 g/mol. The topological polar surface area (TPSA) is 61.8 Å². The SMILES string of the molecule is COCOc1ccc(C(C)C)c(OS(=O)(=O)C(F)(F)F)c1. The number of methoxy groups -OCH3 is 1. The van der Waals surface area contributed by atoms with Gasteiger partial charge < -0.3 is 13.7 Å². The zero-order chi connectivity index (χ0) is 16.3. The van der Waals surface area contributed by atoms with Gasteiger partial charge in [-0.05, 0) is 17.5 Å². The molecule has 0 spiro atoms. The Morgan fingerprint density at radius 2 is 1.86 bits per heavy atom. The lowest BCUT2D eigenvalue weighted by atomic mass is 10.0. The highest BCUT2D eigenvalue weighted by Gasteiger charge is 2.48. The Kier molecular flexibility index (Phi) is 5.46. The summed E-state index contributed by atoms with van der Waals surface area (Å²) < 4.78 is 73.3. The van der Waals surface area contributed by atoms with E-state index < -0.39 is 21.4 Å². The van der Waals surface area contributed by atoms with E-state index in [0.29, 0.717) is 5.56 Å². The minimum atomic E-state index is -5.73. The van der Waals surface area contributed by atoms with Crippen LogP contribution in [0, 0.1) is 0 Å². The highest BCUT2D eigenvalue weighted by Crippen LogP contribution is 2.34. The van der Waals surface area contributed by atoms with Crippen LogP contribution in [-0.4, -0.2) is 27.8 Å². The van der Waals surface area contributed by atoms with Gasteiger partial charge in [-0.2, -0.15) is 21.6 Å². The number of rotatable bonds is 6. The summed E-state index contributed by atoms with van der Waals surface area (Å²) in [6.45, 7) is 3.25. The molecule has 0 unspecified atom stereocenters. The Balaban J connectivity index is 3.18. The number of hydrogen-bond donors (Lipinski definition) is 0. The quantitative estimate of drug-likeness (QED) is 0.456. The van der Waals surface area contributed by atoms with Gasteiger partial charge in [0.25, 0.3) is 0 Å². The summed E-state index contributed by atoms with van der Waals surface area (Å²) in [5.74, 6) is -0.524. The predicted octanol–water partition coefficient (Wildman–Crippen LogP) is 3.02. The number of halogens is 3. The molecule has 0 saturated heterocycles. The van der Waals surface area contributed by atoms with Gasteiger partial charge in [0.1, 0.15) is 11.5 Å². The molecule has 0 saturated carbocycles. The van der Waals surface area contributed by atoms with Gasteiger partial charge in [0.05, 0.1) is 0 Å². The minimum Gasteiger partial charge on any atom is -0.467 e. The van der Waals surface area contributed by atoms with Crippen molar-refractivity contribution in [1.82, 2.24) is 0 Å². The highest BCUT2D eigenvalue weighted by atomic mass is 32.2. The van der Waals surface area contributed by atoms with Crippen LogP contribution < -0.4 is 8.92 Å². The fourth-order valence-corrected chi connectivity index (χ4v) is 1.92. The Morgan fingerprint density at radius 1 is 1.24 bits per heavy atom. The van der Waals surface area contributed by atoms with Crippen molar-refractivity contribution in [2.75, 3.05) is 13.9 Å². The summed E-state index contributed by atoms with van der Waals surface area (Å²) in [6, 6.07) is 4.01. The number of benzene rings is 1. The standard InChI is InChI=1S/C12H15F3O5S/c1-8(2)10-5-4-9(19-7-18-3)6-11(10)20-21(16,17)12(13,14)15/h4-6,8H,7H2,1-3H3. The van der Waals surface area contributed by atoms with Crippen molar-refractivity contribution in [3.63, 3.8) is 0 Å².